The molecule has 0 aromatic carbocycles. The molecule has 0 spiro atoms. The molecule has 0 bridgehead atoms. The van der Waals surface area contributed by atoms with Crippen molar-refractivity contribution in [3.05, 3.63) is 0 Å². The molecule has 3 fully saturated rings. The van der Waals surface area contributed by atoms with Crippen molar-refractivity contribution in [1.29, 1.82) is 0 Å². The topological polar surface area (TPSA) is 66.4 Å². The maximum atomic E-state index is 9.61. The average molecular weight is 260 g/mol. The Labute approximate surface area is 106 Å². The Hall–Kier alpha value is -0.240. The minimum absolute atomic E-state index is 0.266. The lowest BCUT2D eigenvalue weighted by Crippen LogP contribution is -2.51. The second-order valence-electron chi connectivity index (χ2n) is 5.96. The van der Waals surface area contributed by atoms with Gasteiger partial charge in [-0.25, -0.2) is 0 Å². The molecule has 1 N–H and O–H groups in total. The molecule has 3 heterocycles. The van der Waals surface area contributed by atoms with Gasteiger partial charge in [0.2, 0.25) is 5.79 Å². The van der Waals surface area contributed by atoms with Crippen molar-refractivity contribution in [3.8, 4) is 0 Å². The van der Waals surface area contributed by atoms with Gasteiger partial charge in [0.1, 0.15) is 24.9 Å². The summed E-state index contributed by atoms with van der Waals surface area (Å²) < 4.78 is 28.8. The molecular weight excluding hydrogens is 240 g/mol. The molecule has 1 unspecified atom stereocenters. The number of rotatable bonds is 1. The van der Waals surface area contributed by atoms with Crippen molar-refractivity contribution in [2.45, 2.75) is 63.4 Å². The molecule has 0 amide bonds. The Morgan fingerprint density at radius 2 is 1.78 bits per heavy atom. The molecular formula is C12H20O6. The molecule has 0 aromatic heterocycles. The summed E-state index contributed by atoms with van der Waals surface area (Å²) in [6, 6.07) is 0. The lowest BCUT2D eigenvalue weighted by molar-refractivity contribution is -0.330. The molecule has 3 saturated heterocycles. The maximum absolute atomic E-state index is 9.61. The third kappa shape index (κ3) is 1.79. The van der Waals surface area contributed by atoms with E-state index in [0.29, 0.717) is 6.61 Å². The van der Waals surface area contributed by atoms with E-state index in [4.69, 9.17) is 23.7 Å². The molecule has 0 aliphatic carbocycles. The molecule has 0 saturated carbocycles. The summed E-state index contributed by atoms with van der Waals surface area (Å²) in [7, 11) is 0. The Bertz CT molecular complexity index is 354. The third-order valence-electron chi connectivity index (χ3n) is 3.51. The Morgan fingerprint density at radius 1 is 1.06 bits per heavy atom. The second kappa shape index (κ2) is 3.65. The van der Waals surface area contributed by atoms with Crippen LogP contribution in [-0.4, -0.2) is 54.0 Å². The lowest BCUT2D eigenvalue weighted by atomic mass is 10.0. The summed E-state index contributed by atoms with van der Waals surface area (Å²) in [4.78, 5) is 0. The van der Waals surface area contributed by atoms with Gasteiger partial charge in [0.15, 0.2) is 11.6 Å². The Balaban J connectivity index is 1.88. The van der Waals surface area contributed by atoms with Crippen molar-refractivity contribution >= 4 is 0 Å². The first-order valence-corrected chi connectivity index (χ1v) is 6.25. The zero-order valence-electron chi connectivity index (χ0n) is 11.1. The number of ether oxygens (including phenoxy) is 5. The van der Waals surface area contributed by atoms with Gasteiger partial charge in [-0.2, -0.15) is 0 Å². The maximum Gasteiger partial charge on any atom is 0.224 e. The van der Waals surface area contributed by atoms with Crippen molar-refractivity contribution in [2.24, 2.45) is 0 Å². The highest BCUT2D eigenvalue weighted by molar-refractivity contribution is 5.04. The van der Waals surface area contributed by atoms with Gasteiger partial charge in [0, 0.05) is 0 Å². The summed E-state index contributed by atoms with van der Waals surface area (Å²) >= 11 is 0. The van der Waals surface area contributed by atoms with Crippen LogP contribution in [0.25, 0.3) is 0 Å². The van der Waals surface area contributed by atoms with Crippen LogP contribution in [0.4, 0.5) is 0 Å². The highest BCUT2D eigenvalue weighted by Crippen LogP contribution is 2.48. The smallest absolute Gasteiger partial charge is 0.224 e. The largest absolute Gasteiger partial charge is 0.391 e. The van der Waals surface area contributed by atoms with Gasteiger partial charge in [0.05, 0.1) is 6.61 Å². The van der Waals surface area contributed by atoms with Crippen LogP contribution in [0.1, 0.15) is 27.7 Å². The normalized spacial score (nSPS) is 48.8. The van der Waals surface area contributed by atoms with E-state index in [0.717, 1.165) is 0 Å². The summed E-state index contributed by atoms with van der Waals surface area (Å²) in [6.45, 7) is 7.43. The van der Waals surface area contributed by atoms with Crippen LogP contribution in [-0.2, 0) is 23.7 Å². The Kier molecular flexibility index (Phi) is 2.59. The molecule has 3 aliphatic rings. The molecule has 3 rings (SSSR count). The van der Waals surface area contributed by atoms with Crippen molar-refractivity contribution < 1.29 is 28.8 Å². The first kappa shape index (κ1) is 12.8. The summed E-state index contributed by atoms with van der Waals surface area (Å²) in [6.07, 6.45) is -1.00. The van der Waals surface area contributed by atoms with Crippen LogP contribution in [0, 0.1) is 0 Å². The minimum atomic E-state index is -1.14. The molecule has 3 aliphatic heterocycles. The van der Waals surface area contributed by atoms with Gasteiger partial charge in [-0.1, -0.05) is 0 Å². The van der Waals surface area contributed by atoms with Gasteiger partial charge < -0.3 is 28.8 Å². The predicted octanol–water partition coefficient (Wildman–Crippen LogP) is 0.377. The number of hydrogen-bond acceptors (Lipinski definition) is 6. The number of aliphatic hydroxyl groups excluding tert-OH is 1. The standard InChI is InChI=1S/C12H20O6/c1-10(2)14-5-7-8(16-10)9-12(6-13,15-7)18-11(3,4)17-9/h7-9,13H,5-6H2,1-4H3/t7-,8?,9-,12-/m1/s1. The quantitative estimate of drug-likeness (QED) is 0.735. The Morgan fingerprint density at radius 3 is 2.44 bits per heavy atom. The van der Waals surface area contributed by atoms with Gasteiger partial charge in [-0.15, -0.1) is 0 Å². The fourth-order valence-electron chi connectivity index (χ4n) is 2.89. The molecule has 0 aromatic rings. The van der Waals surface area contributed by atoms with Gasteiger partial charge >= 0.3 is 0 Å². The first-order valence-electron chi connectivity index (χ1n) is 6.25. The fraction of sp³-hybridized carbons (Fsp3) is 1.00. The van der Waals surface area contributed by atoms with Gasteiger partial charge in [-0.05, 0) is 27.7 Å². The van der Waals surface area contributed by atoms with Crippen molar-refractivity contribution in [1.82, 2.24) is 0 Å². The zero-order valence-corrected chi connectivity index (χ0v) is 11.1. The minimum Gasteiger partial charge on any atom is -0.391 e. The molecule has 18 heavy (non-hydrogen) atoms. The summed E-state index contributed by atoms with van der Waals surface area (Å²) in [5, 5.41) is 9.61. The van der Waals surface area contributed by atoms with E-state index in [1.807, 2.05) is 13.8 Å². The zero-order chi connectivity index (χ0) is 13.2. The van der Waals surface area contributed by atoms with E-state index in [1.54, 1.807) is 13.8 Å². The molecule has 4 atom stereocenters. The van der Waals surface area contributed by atoms with Crippen LogP contribution < -0.4 is 0 Å². The fourth-order valence-corrected chi connectivity index (χ4v) is 2.89. The number of hydrogen-bond donors (Lipinski definition) is 1. The van der Waals surface area contributed by atoms with Gasteiger partial charge in [-0.3, -0.25) is 0 Å². The van der Waals surface area contributed by atoms with E-state index >= 15 is 0 Å². The average Bonchev–Trinajstić information content (AvgIpc) is 2.66. The SMILES string of the molecule is CC1(C)OC[C@H]2O[C@]3(CO)OC(C)(C)O[C@@H]3C2O1. The van der Waals surface area contributed by atoms with E-state index in [-0.39, 0.29) is 18.8 Å². The van der Waals surface area contributed by atoms with E-state index in [1.165, 1.54) is 0 Å². The summed E-state index contributed by atoms with van der Waals surface area (Å²) in [5.74, 6) is -2.60. The van der Waals surface area contributed by atoms with Crippen LogP contribution in [0.15, 0.2) is 0 Å². The van der Waals surface area contributed by atoms with Crippen LogP contribution in [0.5, 0.6) is 0 Å². The van der Waals surface area contributed by atoms with E-state index < -0.39 is 23.5 Å². The number of fused-ring (bicyclic) bond motifs is 3. The molecule has 6 nitrogen and oxygen atoms in total. The van der Waals surface area contributed by atoms with Crippen molar-refractivity contribution in [3.63, 3.8) is 0 Å². The van der Waals surface area contributed by atoms with Crippen LogP contribution in [0.3, 0.4) is 0 Å². The molecule has 104 valence electrons. The predicted molar refractivity (Wildman–Crippen MR) is 59.6 cm³/mol. The monoisotopic (exact) mass is 260 g/mol. The van der Waals surface area contributed by atoms with Crippen molar-refractivity contribution in [2.75, 3.05) is 13.2 Å². The van der Waals surface area contributed by atoms with Crippen LogP contribution in [0.2, 0.25) is 0 Å². The first-order chi connectivity index (χ1) is 8.27. The highest BCUT2D eigenvalue weighted by atomic mass is 16.9. The second-order valence-corrected chi connectivity index (χ2v) is 5.96. The summed E-state index contributed by atoms with van der Waals surface area (Å²) in [5.41, 5.74) is 0. The van der Waals surface area contributed by atoms with Crippen LogP contribution >= 0.6 is 0 Å². The molecule has 6 heteroatoms. The van der Waals surface area contributed by atoms with Gasteiger partial charge in [0.25, 0.3) is 0 Å². The van der Waals surface area contributed by atoms with E-state index in [9.17, 15) is 5.11 Å². The third-order valence-corrected chi connectivity index (χ3v) is 3.51. The lowest BCUT2D eigenvalue weighted by Gasteiger charge is -2.38. The van der Waals surface area contributed by atoms with E-state index in [2.05, 4.69) is 0 Å². The number of aliphatic hydroxyl groups is 1. The highest BCUT2D eigenvalue weighted by Gasteiger charge is 2.67. The molecule has 0 radical (unpaired) electrons.